The quantitative estimate of drug-likeness (QED) is 0.660. The summed E-state index contributed by atoms with van der Waals surface area (Å²) in [6.07, 6.45) is 0.331. The standard InChI is InChI=1S/C20H31N3O6S/c1-15-13-22(14-16(2)29-15)7-6-21-20(24)17-4-5-18(27-3)19(12-17)30(25,26)23-8-10-28-11-9-23/h4-5,12,15-16H,6-11,13-14H2,1-3H3,(H,21,24). The van der Waals surface area contributed by atoms with Gasteiger partial charge in [0.1, 0.15) is 10.6 Å². The molecule has 0 aromatic heterocycles. The van der Waals surface area contributed by atoms with Crippen LogP contribution in [0.1, 0.15) is 24.2 Å². The number of methoxy groups -OCH3 is 1. The van der Waals surface area contributed by atoms with Crippen molar-refractivity contribution in [1.82, 2.24) is 14.5 Å². The smallest absolute Gasteiger partial charge is 0.251 e. The lowest BCUT2D eigenvalue weighted by Gasteiger charge is -2.35. The Hall–Kier alpha value is -1.72. The highest BCUT2D eigenvalue weighted by molar-refractivity contribution is 7.89. The molecule has 2 saturated heterocycles. The summed E-state index contributed by atoms with van der Waals surface area (Å²) < 4.78 is 43.7. The van der Waals surface area contributed by atoms with E-state index in [-0.39, 0.29) is 47.4 Å². The van der Waals surface area contributed by atoms with Crippen molar-refractivity contribution < 1.29 is 27.4 Å². The van der Waals surface area contributed by atoms with Gasteiger partial charge in [-0.2, -0.15) is 4.31 Å². The molecule has 10 heteroatoms. The zero-order valence-electron chi connectivity index (χ0n) is 17.8. The van der Waals surface area contributed by atoms with Gasteiger partial charge in [0, 0.05) is 44.8 Å². The van der Waals surface area contributed by atoms with Crippen molar-refractivity contribution in [2.75, 3.05) is 59.6 Å². The lowest BCUT2D eigenvalue weighted by molar-refractivity contribution is -0.0672. The minimum absolute atomic E-state index is 0.00428. The number of nitrogens with one attached hydrogen (secondary N) is 1. The average Bonchev–Trinajstić information content (AvgIpc) is 2.73. The average molecular weight is 442 g/mol. The molecular formula is C20H31N3O6S. The molecule has 1 aromatic rings. The van der Waals surface area contributed by atoms with Gasteiger partial charge >= 0.3 is 0 Å². The van der Waals surface area contributed by atoms with Crippen LogP contribution in [0.25, 0.3) is 0 Å². The fourth-order valence-corrected chi connectivity index (χ4v) is 5.43. The first-order chi connectivity index (χ1) is 14.3. The molecule has 0 radical (unpaired) electrons. The van der Waals surface area contributed by atoms with Crippen LogP contribution < -0.4 is 10.1 Å². The summed E-state index contributed by atoms with van der Waals surface area (Å²) in [6.45, 7) is 8.14. The molecule has 2 aliphatic heterocycles. The van der Waals surface area contributed by atoms with Gasteiger partial charge in [0.25, 0.3) is 5.91 Å². The first-order valence-electron chi connectivity index (χ1n) is 10.2. The molecule has 9 nitrogen and oxygen atoms in total. The largest absolute Gasteiger partial charge is 0.495 e. The fraction of sp³-hybridized carbons (Fsp3) is 0.650. The maximum absolute atomic E-state index is 13.1. The highest BCUT2D eigenvalue weighted by atomic mass is 32.2. The van der Waals surface area contributed by atoms with E-state index in [9.17, 15) is 13.2 Å². The van der Waals surface area contributed by atoms with Crippen LogP contribution in [0.3, 0.4) is 0 Å². The van der Waals surface area contributed by atoms with Crippen LogP contribution in [0, 0.1) is 0 Å². The number of carbonyl (C=O) groups excluding carboxylic acids is 1. The Morgan fingerprint density at radius 2 is 1.87 bits per heavy atom. The topological polar surface area (TPSA) is 97.4 Å². The van der Waals surface area contributed by atoms with Crippen molar-refractivity contribution in [3.8, 4) is 5.75 Å². The summed E-state index contributed by atoms with van der Waals surface area (Å²) in [5, 5.41) is 2.88. The predicted molar refractivity (Wildman–Crippen MR) is 111 cm³/mol. The maximum Gasteiger partial charge on any atom is 0.251 e. The predicted octanol–water partition coefficient (Wildman–Crippen LogP) is 0.555. The van der Waals surface area contributed by atoms with E-state index in [0.717, 1.165) is 13.1 Å². The number of nitrogens with zero attached hydrogens (tertiary/aromatic N) is 2. The zero-order valence-corrected chi connectivity index (χ0v) is 18.6. The number of sulfonamides is 1. The highest BCUT2D eigenvalue weighted by Gasteiger charge is 2.30. The van der Waals surface area contributed by atoms with E-state index in [1.807, 2.05) is 13.8 Å². The molecule has 2 atom stereocenters. The maximum atomic E-state index is 13.1. The summed E-state index contributed by atoms with van der Waals surface area (Å²) in [7, 11) is -2.37. The van der Waals surface area contributed by atoms with Crippen molar-refractivity contribution in [3.63, 3.8) is 0 Å². The first-order valence-corrected chi connectivity index (χ1v) is 11.7. The number of benzene rings is 1. The van der Waals surface area contributed by atoms with Crippen molar-refractivity contribution in [2.45, 2.75) is 31.0 Å². The van der Waals surface area contributed by atoms with Crippen LogP contribution in [-0.4, -0.2) is 95.3 Å². The third-order valence-electron chi connectivity index (χ3n) is 5.22. The van der Waals surface area contributed by atoms with Crippen LogP contribution >= 0.6 is 0 Å². The molecule has 1 N–H and O–H groups in total. The number of morpholine rings is 2. The molecule has 0 saturated carbocycles. The summed E-state index contributed by atoms with van der Waals surface area (Å²) in [5.41, 5.74) is 0.284. The van der Waals surface area contributed by atoms with Gasteiger partial charge in [0.05, 0.1) is 32.5 Å². The van der Waals surface area contributed by atoms with E-state index in [2.05, 4.69) is 10.2 Å². The van der Waals surface area contributed by atoms with E-state index >= 15 is 0 Å². The molecular weight excluding hydrogens is 410 g/mol. The van der Waals surface area contributed by atoms with Gasteiger partial charge in [-0.3, -0.25) is 9.69 Å². The van der Waals surface area contributed by atoms with Gasteiger partial charge < -0.3 is 19.5 Å². The summed E-state index contributed by atoms with van der Waals surface area (Å²) in [6, 6.07) is 4.48. The van der Waals surface area contributed by atoms with Crippen molar-refractivity contribution in [2.24, 2.45) is 0 Å². The van der Waals surface area contributed by atoms with Gasteiger partial charge in [-0.05, 0) is 32.0 Å². The van der Waals surface area contributed by atoms with Crippen molar-refractivity contribution >= 4 is 15.9 Å². The zero-order chi connectivity index (χ0) is 21.7. The molecule has 2 unspecified atom stereocenters. The van der Waals surface area contributed by atoms with Crippen LogP contribution in [0.5, 0.6) is 5.75 Å². The molecule has 0 bridgehead atoms. The van der Waals surface area contributed by atoms with E-state index in [1.165, 1.54) is 23.5 Å². The van der Waals surface area contributed by atoms with E-state index in [4.69, 9.17) is 14.2 Å². The second-order valence-electron chi connectivity index (χ2n) is 7.65. The molecule has 1 aromatic carbocycles. The van der Waals surface area contributed by atoms with Crippen LogP contribution in [0.2, 0.25) is 0 Å². The Kier molecular flexibility index (Phi) is 7.70. The highest BCUT2D eigenvalue weighted by Crippen LogP contribution is 2.28. The Morgan fingerprint density at radius 1 is 1.20 bits per heavy atom. The summed E-state index contributed by atoms with van der Waals surface area (Å²) in [5.74, 6) is -0.0974. The van der Waals surface area contributed by atoms with E-state index in [1.54, 1.807) is 6.07 Å². The normalized spacial score (nSPS) is 23.8. The van der Waals surface area contributed by atoms with E-state index in [0.29, 0.717) is 26.3 Å². The van der Waals surface area contributed by atoms with Crippen molar-refractivity contribution in [3.05, 3.63) is 23.8 Å². The first kappa shape index (κ1) is 23.0. The Balaban J connectivity index is 1.67. The van der Waals surface area contributed by atoms with Crippen molar-refractivity contribution in [1.29, 1.82) is 0 Å². The van der Waals surface area contributed by atoms with Crippen LogP contribution in [0.15, 0.2) is 23.1 Å². The van der Waals surface area contributed by atoms with Gasteiger partial charge in [-0.15, -0.1) is 0 Å². The number of amides is 1. The Morgan fingerprint density at radius 3 is 2.50 bits per heavy atom. The van der Waals surface area contributed by atoms with Gasteiger partial charge in [-0.25, -0.2) is 8.42 Å². The molecule has 168 valence electrons. The van der Waals surface area contributed by atoms with Gasteiger partial charge in [0.15, 0.2) is 0 Å². The van der Waals surface area contributed by atoms with Gasteiger partial charge in [0.2, 0.25) is 10.0 Å². The monoisotopic (exact) mass is 441 g/mol. The number of hydrogen-bond acceptors (Lipinski definition) is 7. The molecule has 2 heterocycles. The third kappa shape index (κ3) is 5.50. The molecule has 0 aliphatic carbocycles. The third-order valence-corrected chi connectivity index (χ3v) is 7.14. The number of ether oxygens (including phenoxy) is 3. The fourth-order valence-electron chi connectivity index (χ4n) is 3.84. The minimum atomic E-state index is -3.78. The summed E-state index contributed by atoms with van der Waals surface area (Å²) >= 11 is 0. The molecule has 2 fully saturated rings. The van der Waals surface area contributed by atoms with Crippen LogP contribution in [0.4, 0.5) is 0 Å². The van der Waals surface area contributed by atoms with Crippen LogP contribution in [-0.2, 0) is 19.5 Å². The second-order valence-corrected chi connectivity index (χ2v) is 9.56. The molecule has 0 spiro atoms. The number of carbonyl (C=O) groups is 1. The minimum Gasteiger partial charge on any atom is -0.495 e. The number of hydrogen-bond donors (Lipinski definition) is 1. The Labute approximate surface area is 178 Å². The lowest BCUT2D eigenvalue weighted by Crippen LogP contribution is -2.47. The molecule has 30 heavy (non-hydrogen) atoms. The number of rotatable bonds is 7. The van der Waals surface area contributed by atoms with E-state index < -0.39 is 10.0 Å². The molecule has 2 aliphatic rings. The Bertz CT molecular complexity index is 831. The molecule has 1 amide bonds. The summed E-state index contributed by atoms with van der Waals surface area (Å²) in [4.78, 5) is 14.9. The lowest BCUT2D eigenvalue weighted by atomic mass is 10.2. The SMILES string of the molecule is COc1ccc(C(=O)NCCN2CC(C)OC(C)C2)cc1S(=O)(=O)N1CCOCC1. The molecule has 3 rings (SSSR count). The van der Waals surface area contributed by atoms with Gasteiger partial charge in [-0.1, -0.05) is 0 Å². The second kappa shape index (κ2) is 10.1.